The lowest BCUT2D eigenvalue weighted by atomic mass is 10.0. The first kappa shape index (κ1) is 15.3. The van der Waals surface area contributed by atoms with Crippen molar-refractivity contribution < 1.29 is 12.8 Å². The normalized spacial score (nSPS) is 16.1. The molecule has 7 heteroatoms. The van der Waals surface area contributed by atoms with Crippen LogP contribution in [0.3, 0.4) is 0 Å². The zero-order valence-corrected chi connectivity index (χ0v) is 12.9. The third-order valence-corrected chi connectivity index (χ3v) is 5.40. The van der Waals surface area contributed by atoms with Gasteiger partial charge in [0, 0.05) is 11.1 Å². The number of hydrogen-bond acceptors (Lipinski definition) is 3. The predicted molar refractivity (Wildman–Crippen MR) is 79.4 cm³/mol. The first-order valence-electron chi connectivity index (χ1n) is 6.27. The third kappa shape index (κ3) is 3.16. The summed E-state index contributed by atoms with van der Waals surface area (Å²) in [7, 11) is -3.73. The molecule has 0 spiro atoms. The fourth-order valence-electron chi connectivity index (χ4n) is 2.15. The molecule has 3 N–H and O–H groups in total. The lowest BCUT2D eigenvalue weighted by molar-refractivity contribution is 0.400. The van der Waals surface area contributed by atoms with E-state index >= 15 is 0 Å². The van der Waals surface area contributed by atoms with Crippen LogP contribution in [0, 0.1) is 11.7 Å². The molecule has 0 aromatic heterocycles. The molecule has 1 aromatic carbocycles. The third-order valence-electron chi connectivity index (χ3n) is 3.51. The summed E-state index contributed by atoms with van der Waals surface area (Å²) in [5.41, 5.74) is 4.81. The number of nitrogens with two attached hydrogens (primary N) is 1. The van der Waals surface area contributed by atoms with Crippen molar-refractivity contribution in [2.45, 2.75) is 37.1 Å². The zero-order valence-electron chi connectivity index (χ0n) is 11.3. The van der Waals surface area contributed by atoms with Crippen molar-refractivity contribution in [2.75, 3.05) is 0 Å². The van der Waals surface area contributed by atoms with Gasteiger partial charge in [0.1, 0.15) is 10.8 Å². The van der Waals surface area contributed by atoms with Gasteiger partial charge in [-0.3, -0.25) is 0 Å². The quantitative estimate of drug-likeness (QED) is 0.814. The van der Waals surface area contributed by atoms with E-state index in [9.17, 15) is 12.8 Å². The van der Waals surface area contributed by atoms with Crippen LogP contribution in [0.4, 0.5) is 4.39 Å². The Morgan fingerprint density at radius 1 is 1.45 bits per heavy atom. The molecule has 1 aliphatic carbocycles. The molecule has 1 saturated carbocycles. The van der Waals surface area contributed by atoms with Crippen molar-refractivity contribution in [3.05, 3.63) is 29.6 Å². The summed E-state index contributed by atoms with van der Waals surface area (Å²) in [6.07, 6.45) is 2.02. The fourth-order valence-corrected chi connectivity index (χ4v) is 3.81. The Bertz CT molecular complexity index is 652. The van der Waals surface area contributed by atoms with Crippen molar-refractivity contribution in [2.24, 2.45) is 11.7 Å². The summed E-state index contributed by atoms with van der Waals surface area (Å²) in [5, 5.41) is 0. The lowest BCUT2D eigenvalue weighted by Gasteiger charge is -2.25. The molecule has 0 radical (unpaired) electrons. The Morgan fingerprint density at radius 3 is 2.55 bits per heavy atom. The average Bonchev–Trinajstić information content (AvgIpc) is 3.11. The summed E-state index contributed by atoms with van der Waals surface area (Å²) >= 11 is 4.72. The summed E-state index contributed by atoms with van der Waals surface area (Å²) in [5.74, 6) is -0.286. The van der Waals surface area contributed by atoms with Gasteiger partial charge in [0.05, 0.1) is 4.90 Å². The number of halogens is 1. The van der Waals surface area contributed by atoms with E-state index in [4.69, 9.17) is 18.0 Å². The fraction of sp³-hybridized carbons (Fsp3) is 0.462. The highest BCUT2D eigenvalue weighted by atomic mass is 32.2. The van der Waals surface area contributed by atoms with E-state index in [1.165, 1.54) is 12.1 Å². The number of nitrogens with one attached hydrogen (secondary N) is 1. The molecule has 4 nitrogen and oxygen atoms in total. The van der Waals surface area contributed by atoms with Crippen LogP contribution in [0.25, 0.3) is 0 Å². The maximum Gasteiger partial charge on any atom is 0.241 e. The molecule has 0 amide bonds. The van der Waals surface area contributed by atoms with Crippen LogP contribution in [0.2, 0.25) is 0 Å². The van der Waals surface area contributed by atoms with Crippen LogP contribution in [-0.4, -0.2) is 18.9 Å². The van der Waals surface area contributed by atoms with Crippen LogP contribution in [0.15, 0.2) is 23.1 Å². The highest BCUT2D eigenvalue weighted by molar-refractivity contribution is 7.89. The molecular formula is C13H17FN2O2S2. The van der Waals surface area contributed by atoms with Crippen LogP contribution in [-0.2, 0) is 10.0 Å². The van der Waals surface area contributed by atoms with Gasteiger partial charge >= 0.3 is 0 Å². The Labute approximate surface area is 123 Å². The molecule has 0 atom stereocenters. The minimum atomic E-state index is -3.73. The van der Waals surface area contributed by atoms with Crippen molar-refractivity contribution in [1.82, 2.24) is 4.72 Å². The minimum Gasteiger partial charge on any atom is -0.389 e. The molecule has 0 saturated heterocycles. The Hall–Kier alpha value is -1.05. The molecule has 0 aliphatic heterocycles. The standard InChI is InChI=1S/C13H17FN2O2S2/c1-13(2,8-3-4-8)16-20(17,18)9-5-6-11(14)10(7-9)12(15)19/h5-8,16H,3-4H2,1-2H3,(H2,15,19). The first-order valence-corrected chi connectivity index (χ1v) is 8.16. The molecule has 0 bridgehead atoms. The second kappa shape index (κ2) is 5.05. The van der Waals surface area contributed by atoms with Crippen molar-refractivity contribution in [1.29, 1.82) is 0 Å². The maximum atomic E-state index is 13.5. The number of benzene rings is 1. The van der Waals surface area contributed by atoms with Gasteiger partial charge in [-0.05, 0) is 50.8 Å². The second-order valence-electron chi connectivity index (χ2n) is 5.61. The summed E-state index contributed by atoms with van der Waals surface area (Å²) in [6.45, 7) is 3.69. The molecule has 20 heavy (non-hydrogen) atoms. The zero-order chi connectivity index (χ0) is 15.1. The van der Waals surface area contributed by atoms with E-state index in [0.29, 0.717) is 5.92 Å². The van der Waals surface area contributed by atoms with E-state index < -0.39 is 21.4 Å². The number of sulfonamides is 1. The molecule has 0 heterocycles. The van der Waals surface area contributed by atoms with E-state index in [1.54, 1.807) is 0 Å². The van der Waals surface area contributed by atoms with Crippen LogP contribution >= 0.6 is 12.2 Å². The van der Waals surface area contributed by atoms with Gasteiger partial charge < -0.3 is 5.73 Å². The SMILES string of the molecule is CC(C)(NS(=O)(=O)c1ccc(F)c(C(N)=S)c1)C1CC1. The van der Waals surface area contributed by atoms with Gasteiger partial charge in [-0.2, -0.15) is 0 Å². The van der Waals surface area contributed by atoms with Crippen LogP contribution < -0.4 is 10.5 Å². The molecule has 1 aromatic rings. The van der Waals surface area contributed by atoms with E-state index in [-0.39, 0.29) is 15.4 Å². The molecule has 0 unspecified atom stereocenters. The van der Waals surface area contributed by atoms with Gasteiger partial charge in [0.25, 0.3) is 0 Å². The van der Waals surface area contributed by atoms with Gasteiger partial charge in [-0.15, -0.1) is 0 Å². The molecular weight excluding hydrogens is 299 g/mol. The van der Waals surface area contributed by atoms with Crippen molar-refractivity contribution in [3.8, 4) is 0 Å². The largest absolute Gasteiger partial charge is 0.389 e. The average molecular weight is 316 g/mol. The van der Waals surface area contributed by atoms with Gasteiger partial charge in [0.15, 0.2) is 0 Å². The number of hydrogen-bond donors (Lipinski definition) is 2. The summed E-state index contributed by atoms with van der Waals surface area (Å²) in [4.78, 5) is -0.198. The van der Waals surface area contributed by atoms with Gasteiger partial charge in [0.2, 0.25) is 10.0 Å². The second-order valence-corrected chi connectivity index (χ2v) is 7.73. The summed E-state index contributed by atoms with van der Waals surface area (Å²) in [6, 6.07) is 3.44. The van der Waals surface area contributed by atoms with Gasteiger partial charge in [-0.1, -0.05) is 12.2 Å². The lowest BCUT2D eigenvalue weighted by Crippen LogP contribution is -2.45. The Balaban J connectivity index is 2.34. The smallest absolute Gasteiger partial charge is 0.241 e. The molecule has 110 valence electrons. The molecule has 1 fully saturated rings. The maximum absolute atomic E-state index is 13.5. The van der Waals surface area contributed by atoms with E-state index in [2.05, 4.69) is 4.72 Å². The highest BCUT2D eigenvalue weighted by Crippen LogP contribution is 2.39. The topological polar surface area (TPSA) is 72.2 Å². The number of thiocarbonyl (C=S) groups is 1. The van der Waals surface area contributed by atoms with E-state index in [0.717, 1.165) is 18.9 Å². The minimum absolute atomic E-state index is 0.0320. The predicted octanol–water partition coefficient (Wildman–Crippen LogP) is 1.93. The monoisotopic (exact) mass is 316 g/mol. The van der Waals surface area contributed by atoms with Crippen LogP contribution in [0.5, 0.6) is 0 Å². The van der Waals surface area contributed by atoms with E-state index in [1.807, 2.05) is 13.8 Å². The van der Waals surface area contributed by atoms with Crippen molar-refractivity contribution in [3.63, 3.8) is 0 Å². The number of rotatable bonds is 5. The van der Waals surface area contributed by atoms with Gasteiger partial charge in [-0.25, -0.2) is 17.5 Å². The molecule has 2 rings (SSSR count). The van der Waals surface area contributed by atoms with Crippen molar-refractivity contribution >= 4 is 27.2 Å². The summed E-state index contributed by atoms with van der Waals surface area (Å²) < 4.78 is 40.9. The Morgan fingerprint density at radius 2 is 2.05 bits per heavy atom. The van der Waals surface area contributed by atoms with Crippen LogP contribution in [0.1, 0.15) is 32.3 Å². The molecule has 1 aliphatic rings. The highest BCUT2D eigenvalue weighted by Gasteiger charge is 2.40. The Kier molecular flexibility index (Phi) is 3.88. The first-order chi connectivity index (χ1) is 9.13.